The number of carboxylic acid groups (broad SMARTS) is 1. The summed E-state index contributed by atoms with van der Waals surface area (Å²) in [6.45, 7) is 4.31. The lowest BCUT2D eigenvalue weighted by atomic mass is 10.0. The Bertz CT molecular complexity index is 836. The van der Waals surface area contributed by atoms with Gasteiger partial charge in [0.25, 0.3) is 0 Å². The molecule has 2 aromatic rings. The fraction of sp³-hybridized carbons (Fsp3) is 0.238. The molecule has 0 bridgehead atoms. The van der Waals surface area contributed by atoms with Gasteiger partial charge >= 0.3 is 5.97 Å². The Kier molecular flexibility index (Phi) is 6.58. The minimum Gasteiger partial charge on any atom is -0.506 e. The molecule has 0 aromatic heterocycles. The number of ketones is 1. The lowest BCUT2D eigenvalue weighted by molar-refractivity contribution is -0.136. The first-order chi connectivity index (χ1) is 12.3. The van der Waals surface area contributed by atoms with Crippen molar-refractivity contribution in [3.05, 3.63) is 69.8 Å². The van der Waals surface area contributed by atoms with Gasteiger partial charge in [0.1, 0.15) is 5.75 Å². The number of rotatable bonds is 7. The Morgan fingerprint density at radius 1 is 1.12 bits per heavy atom. The van der Waals surface area contributed by atoms with Crippen LogP contribution in [0.3, 0.4) is 0 Å². The van der Waals surface area contributed by atoms with Crippen LogP contribution in [0.15, 0.2) is 42.5 Å². The highest BCUT2D eigenvalue weighted by molar-refractivity contribution is 6.33. The Morgan fingerprint density at radius 2 is 1.77 bits per heavy atom. The Morgan fingerprint density at radius 3 is 2.35 bits per heavy atom. The van der Waals surface area contributed by atoms with Crippen molar-refractivity contribution in [2.75, 3.05) is 0 Å². The van der Waals surface area contributed by atoms with Crippen molar-refractivity contribution in [2.45, 2.75) is 26.7 Å². The van der Waals surface area contributed by atoms with Crippen LogP contribution in [-0.4, -0.2) is 22.0 Å². The van der Waals surface area contributed by atoms with E-state index >= 15 is 0 Å². The van der Waals surface area contributed by atoms with Gasteiger partial charge < -0.3 is 10.2 Å². The predicted molar refractivity (Wildman–Crippen MR) is 103 cm³/mol. The van der Waals surface area contributed by atoms with Crippen molar-refractivity contribution in [3.8, 4) is 5.75 Å². The van der Waals surface area contributed by atoms with Gasteiger partial charge in [-0.15, -0.1) is 0 Å². The van der Waals surface area contributed by atoms with E-state index in [4.69, 9.17) is 16.7 Å². The van der Waals surface area contributed by atoms with E-state index in [9.17, 15) is 14.7 Å². The summed E-state index contributed by atoms with van der Waals surface area (Å²) in [6.07, 6.45) is 3.71. The molecule has 0 fully saturated rings. The van der Waals surface area contributed by atoms with Crippen LogP contribution in [-0.2, 0) is 17.6 Å². The Labute approximate surface area is 157 Å². The highest BCUT2D eigenvalue weighted by Crippen LogP contribution is 2.30. The van der Waals surface area contributed by atoms with Crippen molar-refractivity contribution >= 4 is 29.4 Å². The number of carboxylic acids is 1. The first kappa shape index (κ1) is 19.7. The number of halogens is 1. The molecule has 0 radical (unpaired) electrons. The monoisotopic (exact) mass is 372 g/mol. The van der Waals surface area contributed by atoms with Crippen molar-refractivity contribution < 1.29 is 19.8 Å². The van der Waals surface area contributed by atoms with Gasteiger partial charge in [-0.05, 0) is 47.2 Å². The van der Waals surface area contributed by atoms with E-state index in [1.165, 1.54) is 23.8 Å². The summed E-state index contributed by atoms with van der Waals surface area (Å²) < 4.78 is 0. The smallest absolute Gasteiger partial charge is 0.307 e. The maximum Gasteiger partial charge on any atom is 0.307 e. The second-order valence-corrected chi connectivity index (χ2v) is 6.99. The van der Waals surface area contributed by atoms with Gasteiger partial charge in [-0.1, -0.05) is 55.8 Å². The lowest BCUT2D eigenvalue weighted by Gasteiger charge is -2.07. The molecular weight excluding hydrogens is 352 g/mol. The van der Waals surface area contributed by atoms with Gasteiger partial charge in [0, 0.05) is 0 Å². The van der Waals surface area contributed by atoms with E-state index < -0.39 is 11.8 Å². The molecule has 0 unspecified atom stereocenters. The molecule has 0 amide bonds. The number of aliphatic carboxylic acids is 1. The van der Waals surface area contributed by atoms with Crippen molar-refractivity contribution in [2.24, 2.45) is 5.92 Å². The number of allylic oxidation sites excluding steroid dienone is 1. The van der Waals surface area contributed by atoms with E-state index in [-0.39, 0.29) is 22.8 Å². The maximum absolute atomic E-state index is 12.4. The number of phenols is 1. The van der Waals surface area contributed by atoms with E-state index in [2.05, 4.69) is 13.8 Å². The van der Waals surface area contributed by atoms with Crippen LogP contribution < -0.4 is 0 Å². The standard InChI is InChI=1S/C21H21ClO4/c1-13(2)9-15-5-3-14(4-6-15)7-8-19(23)17-10-16(12-20(24)25)11-18(22)21(17)26/h3-8,10-11,13,26H,9,12H2,1-2H3,(H,24,25). The van der Waals surface area contributed by atoms with E-state index in [1.807, 2.05) is 24.3 Å². The molecule has 0 saturated heterocycles. The minimum atomic E-state index is -1.04. The van der Waals surface area contributed by atoms with Gasteiger partial charge in [-0.25, -0.2) is 0 Å². The molecule has 0 aliphatic rings. The molecule has 0 aliphatic heterocycles. The number of carbonyl (C=O) groups excluding carboxylic acids is 1. The maximum atomic E-state index is 12.4. The fourth-order valence-corrected chi connectivity index (χ4v) is 2.86. The van der Waals surface area contributed by atoms with Gasteiger partial charge in [0.2, 0.25) is 0 Å². The number of carbonyl (C=O) groups is 2. The molecule has 0 saturated carbocycles. The van der Waals surface area contributed by atoms with E-state index in [0.717, 1.165) is 12.0 Å². The zero-order valence-corrected chi connectivity index (χ0v) is 15.5. The van der Waals surface area contributed by atoms with Crippen LogP contribution in [0.1, 0.15) is 40.9 Å². The van der Waals surface area contributed by atoms with Crippen LogP contribution in [0.25, 0.3) is 6.08 Å². The third kappa shape index (κ3) is 5.46. The third-order valence-electron chi connectivity index (χ3n) is 3.79. The first-order valence-corrected chi connectivity index (χ1v) is 8.68. The molecule has 136 valence electrons. The third-order valence-corrected chi connectivity index (χ3v) is 4.08. The molecule has 2 aromatic carbocycles. The lowest BCUT2D eigenvalue weighted by Crippen LogP contribution is -2.03. The summed E-state index contributed by atoms with van der Waals surface area (Å²) in [6, 6.07) is 10.6. The largest absolute Gasteiger partial charge is 0.506 e. The van der Waals surface area contributed by atoms with E-state index in [1.54, 1.807) is 6.08 Å². The van der Waals surface area contributed by atoms with Crippen molar-refractivity contribution in [1.82, 2.24) is 0 Å². The van der Waals surface area contributed by atoms with Crippen LogP contribution in [0.2, 0.25) is 5.02 Å². The molecule has 26 heavy (non-hydrogen) atoms. The summed E-state index contributed by atoms with van der Waals surface area (Å²) in [7, 11) is 0. The van der Waals surface area contributed by atoms with Crippen LogP contribution >= 0.6 is 11.6 Å². The Balaban J connectivity index is 2.19. The van der Waals surface area contributed by atoms with Gasteiger partial charge in [-0.3, -0.25) is 9.59 Å². The average molecular weight is 373 g/mol. The molecule has 0 spiro atoms. The van der Waals surface area contributed by atoms with E-state index in [0.29, 0.717) is 11.5 Å². The predicted octanol–water partition coefficient (Wildman–Crippen LogP) is 4.77. The summed E-state index contributed by atoms with van der Waals surface area (Å²) in [4.78, 5) is 23.2. The first-order valence-electron chi connectivity index (χ1n) is 8.30. The molecule has 2 rings (SSSR count). The summed E-state index contributed by atoms with van der Waals surface area (Å²) in [5.74, 6) is -1.25. The van der Waals surface area contributed by atoms with Crippen LogP contribution in [0.4, 0.5) is 0 Å². The quantitative estimate of drug-likeness (QED) is 0.542. The zero-order chi connectivity index (χ0) is 19.3. The topological polar surface area (TPSA) is 74.6 Å². The zero-order valence-electron chi connectivity index (χ0n) is 14.7. The van der Waals surface area contributed by atoms with Crippen molar-refractivity contribution in [1.29, 1.82) is 0 Å². The highest BCUT2D eigenvalue weighted by atomic mass is 35.5. The molecule has 4 nitrogen and oxygen atoms in total. The number of hydrogen-bond donors (Lipinski definition) is 2. The fourth-order valence-electron chi connectivity index (χ4n) is 2.62. The highest BCUT2D eigenvalue weighted by Gasteiger charge is 2.15. The normalized spacial score (nSPS) is 11.2. The number of benzene rings is 2. The number of aromatic hydroxyl groups is 1. The van der Waals surface area contributed by atoms with Gasteiger partial charge in [0.05, 0.1) is 17.0 Å². The number of hydrogen-bond acceptors (Lipinski definition) is 3. The van der Waals surface area contributed by atoms with Crippen molar-refractivity contribution in [3.63, 3.8) is 0 Å². The molecular formula is C21H21ClO4. The molecule has 0 heterocycles. The molecule has 5 heteroatoms. The average Bonchev–Trinajstić information content (AvgIpc) is 2.56. The summed E-state index contributed by atoms with van der Waals surface area (Å²) in [5, 5.41) is 18.8. The van der Waals surface area contributed by atoms with Crippen LogP contribution in [0.5, 0.6) is 5.75 Å². The summed E-state index contributed by atoms with van der Waals surface area (Å²) in [5.41, 5.74) is 2.43. The second-order valence-electron chi connectivity index (χ2n) is 6.58. The molecule has 2 N–H and O–H groups in total. The van der Waals surface area contributed by atoms with Gasteiger partial charge in [-0.2, -0.15) is 0 Å². The molecule has 0 aliphatic carbocycles. The van der Waals surface area contributed by atoms with Crippen LogP contribution in [0, 0.1) is 5.92 Å². The Hall–Kier alpha value is -2.59. The summed E-state index contributed by atoms with van der Waals surface area (Å²) >= 11 is 5.90. The second kappa shape index (κ2) is 8.68. The SMILES string of the molecule is CC(C)Cc1ccc(C=CC(=O)c2cc(CC(=O)O)cc(Cl)c2O)cc1. The molecule has 0 atom stereocenters. The minimum absolute atomic E-state index is 0.0126. The van der Waals surface area contributed by atoms with Gasteiger partial charge in [0.15, 0.2) is 5.78 Å². The number of phenolic OH excluding ortho intramolecular Hbond substituents is 1.